The molecule has 0 aliphatic carbocycles. The topological polar surface area (TPSA) is 92.3 Å². The molecule has 0 saturated carbocycles. The van der Waals surface area contributed by atoms with Gasteiger partial charge in [0.1, 0.15) is 17.8 Å². The molecular formula is C15H24N4O3S. The lowest BCUT2D eigenvalue weighted by Gasteiger charge is -2.21. The second-order valence-corrected chi connectivity index (χ2v) is 8.05. The van der Waals surface area contributed by atoms with Crippen LogP contribution in [0.15, 0.2) is 12.4 Å². The summed E-state index contributed by atoms with van der Waals surface area (Å²) in [5.74, 6) is 0.692. The first-order chi connectivity index (χ1) is 10.9. The maximum Gasteiger partial charge on any atom is 0.272 e. The Morgan fingerprint density at radius 1 is 1.30 bits per heavy atom. The van der Waals surface area contributed by atoms with Crippen molar-refractivity contribution in [3.8, 4) is 0 Å². The van der Waals surface area contributed by atoms with Crippen molar-refractivity contribution in [2.24, 2.45) is 0 Å². The summed E-state index contributed by atoms with van der Waals surface area (Å²) in [4.78, 5) is 22.5. The average molecular weight is 340 g/mol. The molecule has 1 aliphatic heterocycles. The number of amides is 1. The van der Waals surface area contributed by atoms with E-state index < -0.39 is 9.84 Å². The summed E-state index contributed by atoms with van der Waals surface area (Å²) in [5, 5.41) is 3.09. The van der Waals surface area contributed by atoms with Crippen LogP contribution in [0.1, 0.15) is 43.6 Å². The van der Waals surface area contributed by atoms with Crippen LogP contribution in [-0.2, 0) is 9.84 Å². The molecule has 2 rings (SSSR count). The lowest BCUT2D eigenvalue weighted by molar-refractivity contribution is 0.0749. The molecule has 2 heterocycles. The zero-order chi connectivity index (χ0) is 16.9. The van der Waals surface area contributed by atoms with Crippen molar-refractivity contribution < 1.29 is 13.2 Å². The zero-order valence-electron chi connectivity index (χ0n) is 13.7. The van der Waals surface area contributed by atoms with Gasteiger partial charge in [-0.05, 0) is 19.3 Å². The van der Waals surface area contributed by atoms with E-state index in [1.54, 1.807) is 11.0 Å². The van der Waals surface area contributed by atoms with Crippen LogP contribution in [0.3, 0.4) is 0 Å². The molecule has 1 aromatic rings. The van der Waals surface area contributed by atoms with E-state index in [4.69, 9.17) is 0 Å². The SMILES string of the molecule is CCCN(CCC)C(=O)c1cc(NC2CCS(=O)(=O)C2)ncn1. The summed E-state index contributed by atoms with van der Waals surface area (Å²) in [5.41, 5.74) is 0.338. The number of sulfone groups is 1. The molecule has 1 N–H and O–H groups in total. The fraction of sp³-hybridized carbons (Fsp3) is 0.667. The number of carbonyl (C=O) groups is 1. The summed E-state index contributed by atoms with van der Waals surface area (Å²) >= 11 is 0. The van der Waals surface area contributed by atoms with Crippen LogP contribution in [0.5, 0.6) is 0 Å². The van der Waals surface area contributed by atoms with Gasteiger partial charge in [0.25, 0.3) is 5.91 Å². The largest absolute Gasteiger partial charge is 0.366 e. The molecule has 1 saturated heterocycles. The number of rotatable bonds is 7. The van der Waals surface area contributed by atoms with E-state index in [-0.39, 0.29) is 23.5 Å². The zero-order valence-corrected chi connectivity index (χ0v) is 14.5. The molecule has 1 aliphatic rings. The molecule has 1 unspecified atom stereocenters. The minimum atomic E-state index is -2.95. The van der Waals surface area contributed by atoms with E-state index in [0.29, 0.717) is 31.0 Å². The highest BCUT2D eigenvalue weighted by Gasteiger charge is 2.28. The summed E-state index contributed by atoms with van der Waals surface area (Å²) in [7, 11) is -2.95. The second kappa shape index (κ2) is 7.72. The molecule has 1 atom stereocenters. The second-order valence-electron chi connectivity index (χ2n) is 5.82. The predicted molar refractivity (Wildman–Crippen MR) is 89.2 cm³/mol. The Morgan fingerprint density at radius 2 is 2.00 bits per heavy atom. The summed E-state index contributed by atoms with van der Waals surface area (Å²) in [6, 6.07) is 1.45. The highest BCUT2D eigenvalue weighted by Crippen LogP contribution is 2.16. The smallest absolute Gasteiger partial charge is 0.272 e. The van der Waals surface area contributed by atoms with Gasteiger partial charge >= 0.3 is 0 Å². The van der Waals surface area contributed by atoms with Gasteiger partial charge in [-0.25, -0.2) is 18.4 Å². The third-order valence-corrected chi connectivity index (χ3v) is 5.51. The summed E-state index contributed by atoms with van der Waals surface area (Å²) in [6.07, 6.45) is 3.69. The number of nitrogens with one attached hydrogen (secondary N) is 1. The highest BCUT2D eigenvalue weighted by atomic mass is 32.2. The van der Waals surface area contributed by atoms with E-state index in [2.05, 4.69) is 15.3 Å². The van der Waals surface area contributed by atoms with Gasteiger partial charge in [0.2, 0.25) is 0 Å². The Hall–Kier alpha value is -1.70. The highest BCUT2D eigenvalue weighted by molar-refractivity contribution is 7.91. The van der Waals surface area contributed by atoms with Crippen molar-refractivity contribution in [1.29, 1.82) is 0 Å². The number of carbonyl (C=O) groups excluding carboxylic acids is 1. The van der Waals surface area contributed by atoms with Gasteiger partial charge in [-0.15, -0.1) is 0 Å². The van der Waals surface area contributed by atoms with Crippen LogP contribution in [0.4, 0.5) is 5.82 Å². The number of hydrogen-bond donors (Lipinski definition) is 1. The minimum absolute atomic E-state index is 0.109. The van der Waals surface area contributed by atoms with Crippen molar-refractivity contribution in [3.05, 3.63) is 18.1 Å². The quantitative estimate of drug-likeness (QED) is 0.805. The Morgan fingerprint density at radius 3 is 2.57 bits per heavy atom. The van der Waals surface area contributed by atoms with Gasteiger partial charge in [-0.1, -0.05) is 13.8 Å². The van der Waals surface area contributed by atoms with Crippen LogP contribution in [0.25, 0.3) is 0 Å². The number of anilines is 1. The lowest BCUT2D eigenvalue weighted by Crippen LogP contribution is -2.33. The Kier molecular flexibility index (Phi) is 5.92. The standard InChI is InChI=1S/C15H24N4O3S/c1-3-6-19(7-4-2)15(20)13-9-14(17-11-16-13)18-12-5-8-23(21,22)10-12/h9,11-12H,3-8,10H2,1-2H3,(H,16,17,18). The van der Waals surface area contributed by atoms with Crippen LogP contribution in [-0.4, -0.2) is 59.8 Å². The van der Waals surface area contributed by atoms with Crippen molar-refractivity contribution >= 4 is 21.6 Å². The molecule has 7 nitrogen and oxygen atoms in total. The number of nitrogens with zero attached hydrogens (tertiary/aromatic N) is 3. The molecular weight excluding hydrogens is 316 g/mol. The van der Waals surface area contributed by atoms with Crippen molar-refractivity contribution in [3.63, 3.8) is 0 Å². The number of aromatic nitrogens is 2. The maximum atomic E-state index is 12.5. The van der Waals surface area contributed by atoms with Crippen molar-refractivity contribution in [1.82, 2.24) is 14.9 Å². The Labute approximate surface area is 137 Å². The van der Waals surface area contributed by atoms with Gasteiger partial charge in [0, 0.05) is 25.2 Å². The molecule has 0 spiro atoms. The molecule has 128 valence electrons. The molecule has 0 bridgehead atoms. The van der Waals surface area contributed by atoms with E-state index >= 15 is 0 Å². The van der Waals surface area contributed by atoms with Crippen molar-refractivity contribution in [2.75, 3.05) is 29.9 Å². The Balaban J connectivity index is 2.08. The number of hydrogen-bond acceptors (Lipinski definition) is 6. The molecule has 23 heavy (non-hydrogen) atoms. The fourth-order valence-corrected chi connectivity index (χ4v) is 4.36. The summed E-state index contributed by atoms with van der Waals surface area (Å²) < 4.78 is 23.0. The minimum Gasteiger partial charge on any atom is -0.366 e. The monoisotopic (exact) mass is 340 g/mol. The van der Waals surface area contributed by atoms with E-state index in [9.17, 15) is 13.2 Å². The fourth-order valence-electron chi connectivity index (χ4n) is 2.69. The first-order valence-corrected chi connectivity index (χ1v) is 9.85. The molecule has 0 aromatic carbocycles. The van der Waals surface area contributed by atoms with Crippen molar-refractivity contribution in [2.45, 2.75) is 39.2 Å². The van der Waals surface area contributed by atoms with E-state index in [0.717, 1.165) is 12.8 Å². The van der Waals surface area contributed by atoms with Gasteiger partial charge in [0.15, 0.2) is 9.84 Å². The van der Waals surface area contributed by atoms with Crippen LogP contribution in [0, 0.1) is 0 Å². The molecule has 8 heteroatoms. The van der Waals surface area contributed by atoms with Crippen LogP contribution < -0.4 is 5.32 Å². The Bertz CT molecular complexity index is 642. The normalized spacial score (nSPS) is 19.5. The van der Waals surface area contributed by atoms with E-state index in [1.165, 1.54) is 6.33 Å². The van der Waals surface area contributed by atoms with Crippen LogP contribution in [0.2, 0.25) is 0 Å². The summed E-state index contributed by atoms with van der Waals surface area (Å²) in [6.45, 7) is 5.45. The third kappa shape index (κ3) is 4.89. The van der Waals surface area contributed by atoms with E-state index in [1.807, 2.05) is 13.8 Å². The maximum absolute atomic E-state index is 12.5. The predicted octanol–water partition coefficient (Wildman–Crippen LogP) is 1.34. The first-order valence-electron chi connectivity index (χ1n) is 8.03. The third-order valence-electron chi connectivity index (χ3n) is 3.74. The lowest BCUT2D eigenvalue weighted by atomic mass is 10.2. The van der Waals surface area contributed by atoms with Gasteiger partial charge in [-0.3, -0.25) is 4.79 Å². The molecule has 1 aromatic heterocycles. The molecule has 1 fully saturated rings. The van der Waals surface area contributed by atoms with Crippen LogP contribution >= 0.6 is 0 Å². The van der Waals surface area contributed by atoms with Gasteiger partial charge < -0.3 is 10.2 Å². The average Bonchev–Trinajstić information content (AvgIpc) is 2.85. The molecule has 1 amide bonds. The first kappa shape index (κ1) is 17.7. The van der Waals surface area contributed by atoms with Gasteiger partial charge in [-0.2, -0.15) is 0 Å². The van der Waals surface area contributed by atoms with Gasteiger partial charge in [0.05, 0.1) is 11.5 Å². The molecule has 0 radical (unpaired) electrons.